The van der Waals surface area contributed by atoms with Crippen LogP contribution >= 0.6 is 0 Å². The van der Waals surface area contributed by atoms with E-state index < -0.39 is 0 Å². The van der Waals surface area contributed by atoms with E-state index in [9.17, 15) is 0 Å². The fourth-order valence-electron chi connectivity index (χ4n) is 2.34. The number of hydrogen-bond acceptors (Lipinski definition) is 3. The number of hydrogen-bond donors (Lipinski definition) is 0. The zero-order chi connectivity index (χ0) is 14.7. The third-order valence-corrected chi connectivity index (χ3v) is 3.44. The second kappa shape index (κ2) is 5.95. The first kappa shape index (κ1) is 13.6. The number of nitrogens with zero attached hydrogens (tertiary/aromatic N) is 3. The lowest BCUT2D eigenvalue weighted by molar-refractivity contribution is 0.528. The van der Waals surface area contributed by atoms with E-state index in [1.165, 1.54) is 0 Å². The molecule has 4 nitrogen and oxygen atoms in total. The van der Waals surface area contributed by atoms with Crippen molar-refractivity contribution in [2.75, 3.05) is 0 Å². The lowest BCUT2D eigenvalue weighted by Gasteiger charge is -2.04. The number of aryl methyl sites for hydroxylation is 2. The lowest BCUT2D eigenvalue weighted by Crippen LogP contribution is -1.97. The van der Waals surface area contributed by atoms with Crippen molar-refractivity contribution in [1.29, 1.82) is 0 Å². The molecule has 0 bridgehead atoms. The topological polar surface area (TPSA) is 43.3 Å². The van der Waals surface area contributed by atoms with Crippen LogP contribution in [0.15, 0.2) is 45.8 Å². The molecule has 1 aromatic carbocycles. The number of furan rings is 1. The summed E-state index contributed by atoms with van der Waals surface area (Å²) in [5.74, 6) is 2.37. The van der Waals surface area contributed by atoms with Crippen LogP contribution < -0.4 is 0 Å². The summed E-state index contributed by atoms with van der Waals surface area (Å²) in [4.78, 5) is 9.12. The van der Waals surface area contributed by atoms with Gasteiger partial charge in [0.15, 0.2) is 0 Å². The highest BCUT2D eigenvalue weighted by Gasteiger charge is 2.08. The molecule has 0 N–H and O–H groups in total. The summed E-state index contributed by atoms with van der Waals surface area (Å²) < 4.78 is 7.69. The van der Waals surface area contributed by atoms with Crippen molar-refractivity contribution in [2.24, 2.45) is 4.99 Å². The average molecular weight is 281 g/mol. The molecule has 0 unspecified atom stereocenters. The Morgan fingerprint density at radius 3 is 2.86 bits per heavy atom. The van der Waals surface area contributed by atoms with Crippen molar-refractivity contribution >= 4 is 23.2 Å². The van der Waals surface area contributed by atoms with E-state index in [-0.39, 0.29) is 0 Å². The number of imidazole rings is 1. The molecule has 0 aliphatic carbocycles. The Hall–Kier alpha value is -2.36. The molecule has 3 aromatic rings. The Balaban J connectivity index is 1.98. The van der Waals surface area contributed by atoms with Gasteiger partial charge in [0.05, 0.1) is 17.2 Å². The average Bonchev–Trinajstić information content (AvgIpc) is 3.06. The first-order valence-corrected chi connectivity index (χ1v) is 7.33. The van der Waals surface area contributed by atoms with Gasteiger partial charge >= 0.3 is 0 Å². The van der Waals surface area contributed by atoms with E-state index in [0.29, 0.717) is 0 Å². The molecule has 3 rings (SSSR count). The Bertz CT molecular complexity index is 767. The number of aliphatic imine (C=N–C) groups is 1. The van der Waals surface area contributed by atoms with Gasteiger partial charge in [0.25, 0.3) is 0 Å². The SMILES string of the molecule is CCCCn1c(N=Cc2ccc(C)o2)nc2ccccc21. The maximum Gasteiger partial charge on any atom is 0.230 e. The van der Waals surface area contributed by atoms with Gasteiger partial charge in [-0.1, -0.05) is 25.5 Å². The highest BCUT2D eigenvalue weighted by Crippen LogP contribution is 2.22. The molecule has 0 saturated carbocycles. The molecular formula is C17H19N3O. The second-order valence-electron chi connectivity index (χ2n) is 5.11. The van der Waals surface area contributed by atoms with Gasteiger partial charge in [-0.15, -0.1) is 0 Å². The van der Waals surface area contributed by atoms with E-state index in [4.69, 9.17) is 4.42 Å². The number of rotatable bonds is 5. The molecule has 0 atom stereocenters. The standard InChI is InChI=1S/C17H19N3O/c1-3-4-11-20-16-8-6-5-7-15(16)19-17(20)18-12-14-10-9-13(2)21-14/h5-10,12H,3-4,11H2,1-2H3. The normalized spacial score (nSPS) is 11.7. The summed E-state index contributed by atoms with van der Waals surface area (Å²) in [5, 5.41) is 0. The van der Waals surface area contributed by atoms with Crippen LogP contribution in [0.1, 0.15) is 31.3 Å². The first-order valence-electron chi connectivity index (χ1n) is 7.33. The summed E-state index contributed by atoms with van der Waals surface area (Å²) in [6, 6.07) is 12.0. The Morgan fingerprint density at radius 2 is 2.10 bits per heavy atom. The van der Waals surface area contributed by atoms with Crippen molar-refractivity contribution in [3.05, 3.63) is 47.9 Å². The summed E-state index contributed by atoms with van der Waals surface area (Å²) in [6.07, 6.45) is 3.99. The van der Waals surface area contributed by atoms with Crippen LogP contribution in [-0.4, -0.2) is 15.8 Å². The van der Waals surface area contributed by atoms with Gasteiger partial charge in [-0.05, 0) is 37.6 Å². The monoisotopic (exact) mass is 281 g/mol. The molecule has 4 heteroatoms. The molecule has 108 valence electrons. The van der Waals surface area contributed by atoms with Gasteiger partial charge in [-0.25, -0.2) is 9.98 Å². The van der Waals surface area contributed by atoms with E-state index in [0.717, 1.165) is 47.9 Å². The minimum absolute atomic E-state index is 0.735. The summed E-state index contributed by atoms with van der Waals surface area (Å²) in [6.45, 7) is 5.04. The highest BCUT2D eigenvalue weighted by molar-refractivity contribution is 5.81. The molecule has 0 aliphatic rings. The number of fused-ring (bicyclic) bond motifs is 1. The smallest absolute Gasteiger partial charge is 0.230 e. The van der Waals surface area contributed by atoms with Crippen LogP contribution in [0.5, 0.6) is 0 Å². The second-order valence-corrected chi connectivity index (χ2v) is 5.11. The number of unbranched alkanes of at least 4 members (excludes halogenated alkanes) is 1. The van der Waals surface area contributed by atoms with Gasteiger partial charge in [0.1, 0.15) is 11.5 Å². The van der Waals surface area contributed by atoms with E-state index >= 15 is 0 Å². The number of aromatic nitrogens is 2. The Labute approximate surface area is 124 Å². The zero-order valence-electron chi connectivity index (χ0n) is 12.4. The summed E-state index contributed by atoms with van der Waals surface area (Å²) in [7, 11) is 0. The highest BCUT2D eigenvalue weighted by atomic mass is 16.3. The molecule has 0 saturated heterocycles. The van der Waals surface area contributed by atoms with Crippen LogP contribution in [0, 0.1) is 6.92 Å². The lowest BCUT2D eigenvalue weighted by atomic mass is 10.3. The largest absolute Gasteiger partial charge is 0.460 e. The third kappa shape index (κ3) is 2.89. The van der Waals surface area contributed by atoms with E-state index in [1.54, 1.807) is 6.21 Å². The van der Waals surface area contributed by atoms with Gasteiger partial charge in [0, 0.05) is 6.54 Å². The van der Waals surface area contributed by atoms with Crippen molar-refractivity contribution in [2.45, 2.75) is 33.2 Å². The van der Waals surface area contributed by atoms with E-state index in [1.807, 2.05) is 37.3 Å². The van der Waals surface area contributed by atoms with Crippen LogP contribution in [0.2, 0.25) is 0 Å². The van der Waals surface area contributed by atoms with Crippen molar-refractivity contribution in [1.82, 2.24) is 9.55 Å². The van der Waals surface area contributed by atoms with E-state index in [2.05, 4.69) is 27.5 Å². The van der Waals surface area contributed by atoms with Crippen molar-refractivity contribution in [3.63, 3.8) is 0 Å². The third-order valence-electron chi connectivity index (χ3n) is 3.44. The molecule has 0 amide bonds. The molecule has 21 heavy (non-hydrogen) atoms. The van der Waals surface area contributed by atoms with Crippen LogP contribution in [-0.2, 0) is 6.54 Å². The number of para-hydroxylation sites is 2. The van der Waals surface area contributed by atoms with Gasteiger partial charge < -0.3 is 8.98 Å². The van der Waals surface area contributed by atoms with Crippen molar-refractivity contribution in [3.8, 4) is 0 Å². The molecule has 2 aromatic heterocycles. The molecule has 0 fully saturated rings. The number of benzene rings is 1. The minimum Gasteiger partial charge on any atom is -0.460 e. The Morgan fingerprint density at radius 1 is 1.24 bits per heavy atom. The van der Waals surface area contributed by atoms with Gasteiger partial charge in [-0.2, -0.15) is 0 Å². The minimum atomic E-state index is 0.735. The van der Waals surface area contributed by atoms with Crippen molar-refractivity contribution < 1.29 is 4.42 Å². The fourth-order valence-corrected chi connectivity index (χ4v) is 2.34. The van der Waals surface area contributed by atoms with Crippen LogP contribution in [0.25, 0.3) is 11.0 Å². The fraction of sp³-hybridized carbons (Fsp3) is 0.294. The quantitative estimate of drug-likeness (QED) is 0.647. The Kier molecular flexibility index (Phi) is 3.86. The molecule has 0 aliphatic heterocycles. The van der Waals surface area contributed by atoms with Gasteiger partial charge in [-0.3, -0.25) is 0 Å². The summed E-state index contributed by atoms with van der Waals surface area (Å²) in [5.41, 5.74) is 2.12. The zero-order valence-corrected chi connectivity index (χ0v) is 12.4. The molecule has 0 spiro atoms. The van der Waals surface area contributed by atoms with Crippen LogP contribution in [0.3, 0.4) is 0 Å². The maximum atomic E-state index is 5.51. The predicted octanol–water partition coefficient (Wildman–Crippen LogP) is 4.49. The van der Waals surface area contributed by atoms with Crippen LogP contribution in [0.4, 0.5) is 5.95 Å². The first-order chi connectivity index (χ1) is 10.3. The molecular weight excluding hydrogens is 262 g/mol. The molecule has 0 radical (unpaired) electrons. The summed E-state index contributed by atoms with van der Waals surface area (Å²) >= 11 is 0. The maximum absolute atomic E-state index is 5.51. The predicted molar refractivity (Wildman–Crippen MR) is 85.3 cm³/mol. The molecule has 2 heterocycles. The van der Waals surface area contributed by atoms with Gasteiger partial charge in [0.2, 0.25) is 5.95 Å².